The summed E-state index contributed by atoms with van der Waals surface area (Å²) in [6.45, 7) is 0. The van der Waals surface area contributed by atoms with E-state index in [1.54, 1.807) is 0 Å². The normalized spacial score (nSPS) is 10.8. The molecular formula is C35H28N2. The Balaban J connectivity index is 1.48. The third kappa shape index (κ3) is 4.57. The second-order valence-corrected chi connectivity index (χ2v) is 9.12. The molecular weight excluding hydrogens is 448 g/mol. The van der Waals surface area contributed by atoms with E-state index in [9.17, 15) is 0 Å². The maximum atomic E-state index is 3.19. The van der Waals surface area contributed by atoms with Crippen LogP contribution in [-0.4, -0.2) is 7.05 Å². The summed E-state index contributed by atoms with van der Waals surface area (Å²) in [6, 6.07) is 51.9. The molecule has 6 rings (SSSR count). The minimum Gasteiger partial charge on any atom is -0.388 e. The van der Waals surface area contributed by atoms with Crippen LogP contribution in [0.2, 0.25) is 0 Å². The smallest absolute Gasteiger partial charge is 0.0540 e. The summed E-state index contributed by atoms with van der Waals surface area (Å²) in [5.74, 6) is 0. The Morgan fingerprint density at radius 3 is 1.81 bits per heavy atom. The lowest BCUT2D eigenvalue weighted by molar-refractivity contribution is 1.30. The van der Waals surface area contributed by atoms with Gasteiger partial charge in [-0.2, -0.15) is 0 Å². The van der Waals surface area contributed by atoms with E-state index in [1.165, 1.54) is 33.0 Å². The summed E-state index contributed by atoms with van der Waals surface area (Å²) in [5, 5.41) is 5.64. The number of benzene rings is 6. The van der Waals surface area contributed by atoms with Gasteiger partial charge in [0.1, 0.15) is 0 Å². The number of fused-ring (bicyclic) bond motifs is 1. The van der Waals surface area contributed by atoms with Crippen LogP contribution < -0.4 is 10.2 Å². The molecule has 0 spiro atoms. The van der Waals surface area contributed by atoms with Gasteiger partial charge in [-0.25, -0.2) is 0 Å². The summed E-state index contributed by atoms with van der Waals surface area (Å²) in [7, 11) is 1.94. The molecule has 0 fully saturated rings. The highest BCUT2D eigenvalue weighted by atomic mass is 15.1. The molecule has 0 unspecified atom stereocenters. The first-order valence-electron chi connectivity index (χ1n) is 12.6. The lowest BCUT2D eigenvalue weighted by atomic mass is 10.0. The average Bonchev–Trinajstić information content (AvgIpc) is 2.98. The van der Waals surface area contributed by atoms with Crippen molar-refractivity contribution in [2.24, 2.45) is 0 Å². The Morgan fingerprint density at radius 2 is 1.05 bits per heavy atom. The van der Waals surface area contributed by atoms with Crippen LogP contribution in [0.3, 0.4) is 0 Å². The fraction of sp³-hybridized carbons (Fsp3) is 0.0286. The van der Waals surface area contributed by atoms with Crippen molar-refractivity contribution in [2.75, 3.05) is 17.3 Å². The lowest BCUT2D eigenvalue weighted by Gasteiger charge is -2.27. The molecule has 0 aliphatic carbocycles. The van der Waals surface area contributed by atoms with Crippen LogP contribution in [0, 0.1) is 0 Å². The van der Waals surface area contributed by atoms with Crippen LogP contribution in [0.4, 0.5) is 22.7 Å². The Bertz CT molecular complexity index is 1630. The highest BCUT2D eigenvalue weighted by Crippen LogP contribution is 2.40. The van der Waals surface area contributed by atoms with Crippen LogP contribution >= 0.6 is 0 Å². The van der Waals surface area contributed by atoms with Crippen LogP contribution in [0.5, 0.6) is 0 Å². The Labute approximate surface area is 218 Å². The maximum absolute atomic E-state index is 3.19. The van der Waals surface area contributed by atoms with E-state index in [-0.39, 0.29) is 0 Å². The van der Waals surface area contributed by atoms with Crippen molar-refractivity contribution >= 4 is 33.5 Å². The van der Waals surface area contributed by atoms with Crippen LogP contribution in [0.1, 0.15) is 0 Å². The van der Waals surface area contributed by atoms with Crippen LogP contribution in [0.15, 0.2) is 146 Å². The Morgan fingerprint density at radius 1 is 0.459 bits per heavy atom. The summed E-state index contributed by atoms with van der Waals surface area (Å²) < 4.78 is 0. The zero-order valence-corrected chi connectivity index (χ0v) is 20.8. The lowest BCUT2D eigenvalue weighted by Crippen LogP contribution is -2.10. The second-order valence-electron chi connectivity index (χ2n) is 9.12. The summed E-state index contributed by atoms with van der Waals surface area (Å²) >= 11 is 0. The molecule has 2 heteroatoms. The topological polar surface area (TPSA) is 15.3 Å². The molecule has 2 nitrogen and oxygen atoms in total. The summed E-state index contributed by atoms with van der Waals surface area (Å²) in [6.07, 6.45) is 0. The van der Waals surface area contributed by atoms with Crippen molar-refractivity contribution in [3.05, 3.63) is 146 Å². The van der Waals surface area contributed by atoms with Gasteiger partial charge in [-0.05, 0) is 70.1 Å². The number of nitrogens with zero attached hydrogens (tertiary/aromatic N) is 1. The Kier molecular flexibility index (Phi) is 6.14. The fourth-order valence-electron chi connectivity index (χ4n) is 4.92. The third-order valence-electron chi connectivity index (χ3n) is 6.85. The van der Waals surface area contributed by atoms with Crippen molar-refractivity contribution in [3.63, 3.8) is 0 Å². The van der Waals surface area contributed by atoms with Crippen molar-refractivity contribution in [3.8, 4) is 22.3 Å². The van der Waals surface area contributed by atoms with Crippen molar-refractivity contribution in [1.82, 2.24) is 0 Å². The second kappa shape index (κ2) is 10.0. The van der Waals surface area contributed by atoms with E-state index < -0.39 is 0 Å². The average molecular weight is 477 g/mol. The number of anilines is 4. The minimum atomic E-state index is 1.11. The highest BCUT2D eigenvalue weighted by molar-refractivity contribution is 5.99. The predicted molar refractivity (Wildman–Crippen MR) is 159 cm³/mol. The molecule has 0 radical (unpaired) electrons. The highest BCUT2D eigenvalue weighted by Gasteiger charge is 2.16. The van der Waals surface area contributed by atoms with Crippen molar-refractivity contribution < 1.29 is 0 Å². The van der Waals surface area contributed by atoms with Gasteiger partial charge in [0.05, 0.1) is 5.69 Å². The minimum absolute atomic E-state index is 1.11. The number of hydrogen-bond donors (Lipinski definition) is 1. The van der Waals surface area contributed by atoms with Gasteiger partial charge in [-0.15, -0.1) is 0 Å². The monoisotopic (exact) mass is 476 g/mol. The van der Waals surface area contributed by atoms with Crippen molar-refractivity contribution in [1.29, 1.82) is 0 Å². The zero-order valence-electron chi connectivity index (χ0n) is 20.8. The van der Waals surface area contributed by atoms with Gasteiger partial charge in [0.25, 0.3) is 0 Å². The number of rotatable bonds is 6. The molecule has 6 aromatic rings. The molecule has 0 aliphatic rings. The van der Waals surface area contributed by atoms with E-state index in [1.807, 2.05) is 7.05 Å². The maximum Gasteiger partial charge on any atom is 0.0540 e. The molecule has 0 aliphatic heterocycles. The van der Waals surface area contributed by atoms with E-state index >= 15 is 0 Å². The molecule has 0 bridgehead atoms. The first kappa shape index (κ1) is 22.6. The van der Waals surface area contributed by atoms with E-state index in [2.05, 4.69) is 156 Å². The molecule has 0 aromatic heterocycles. The van der Waals surface area contributed by atoms with Crippen LogP contribution in [-0.2, 0) is 0 Å². The summed E-state index contributed by atoms with van der Waals surface area (Å²) in [5.41, 5.74) is 9.33. The molecule has 6 aromatic carbocycles. The van der Waals surface area contributed by atoms with E-state index in [0.717, 1.165) is 22.7 Å². The molecule has 37 heavy (non-hydrogen) atoms. The number of hydrogen-bond acceptors (Lipinski definition) is 2. The molecule has 0 amide bonds. The van der Waals surface area contributed by atoms with Crippen molar-refractivity contribution in [2.45, 2.75) is 0 Å². The van der Waals surface area contributed by atoms with Crippen LogP contribution in [0.25, 0.3) is 33.0 Å². The molecule has 0 atom stereocenters. The zero-order chi connectivity index (χ0) is 25.0. The predicted octanol–water partition coefficient (Wildman–Crippen LogP) is 9.69. The largest absolute Gasteiger partial charge is 0.388 e. The van der Waals surface area contributed by atoms with Gasteiger partial charge in [0, 0.05) is 29.5 Å². The first-order chi connectivity index (χ1) is 18.3. The van der Waals surface area contributed by atoms with E-state index in [4.69, 9.17) is 0 Å². The van der Waals surface area contributed by atoms with Gasteiger partial charge >= 0.3 is 0 Å². The molecule has 0 saturated heterocycles. The van der Waals surface area contributed by atoms with Gasteiger partial charge in [-0.1, -0.05) is 103 Å². The fourth-order valence-corrected chi connectivity index (χ4v) is 4.92. The summed E-state index contributed by atoms with van der Waals surface area (Å²) in [4.78, 5) is 2.36. The Hall–Kier alpha value is -4.82. The number of nitrogens with one attached hydrogen (secondary N) is 1. The molecule has 0 heterocycles. The SMILES string of the molecule is CNc1ccc(-c2ccc(N(c3cccc(-c4ccccc4)c3)c3cccc4ccccc34)cc2)cc1. The van der Waals surface area contributed by atoms with Gasteiger partial charge in [0.15, 0.2) is 0 Å². The van der Waals surface area contributed by atoms with Gasteiger partial charge in [-0.3, -0.25) is 0 Å². The standard InChI is InChI=1S/C35H28N2/c1-36-31-21-17-27(18-22-31)28-19-23-32(24-20-28)37(35-16-8-12-29-11-5-6-15-34(29)35)33-14-7-13-30(25-33)26-9-3-2-4-10-26/h2-25,36H,1H3. The quantitative estimate of drug-likeness (QED) is 0.257. The third-order valence-corrected chi connectivity index (χ3v) is 6.85. The molecule has 178 valence electrons. The molecule has 1 N–H and O–H groups in total. The first-order valence-corrected chi connectivity index (χ1v) is 12.6. The van der Waals surface area contributed by atoms with Gasteiger partial charge < -0.3 is 10.2 Å². The van der Waals surface area contributed by atoms with E-state index in [0.29, 0.717) is 0 Å². The van der Waals surface area contributed by atoms with Gasteiger partial charge in [0.2, 0.25) is 0 Å². The molecule has 0 saturated carbocycles.